The van der Waals surface area contributed by atoms with Crippen LogP contribution in [0, 0.1) is 5.92 Å². The fourth-order valence-electron chi connectivity index (χ4n) is 4.18. The zero-order valence-electron chi connectivity index (χ0n) is 13.2. The van der Waals surface area contributed by atoms with E-state index in [1.165, 1.54) is 0 Å². The topological polar surface area (TPSA) is 71.7 Å². The van der Waals surface area contributed by atoms with Crippen LogP contribution in [0.25, 0.3) is 11.6 Å². The molecular weight excluding hydrogens is 308 g/mol. The normalized spacial score (nSPS) is 31.7. The predicted molar refractivity (Wildman–Crippen MR) is 85.5 cm³/mol. The number of hydrogen-bond donors (Lipinski definition) is 0. The lowest BCUT2D eigenvalue weighted by atomic mass is 9.75. The number of carbonyl (C=O) groups is 1. The van der Waals surface area contributed by atoms with Gasteiger partial charge in [-0.05, 0) is 38.1 Å². The summed E-state index contributed by atoms with van der Waals surface area (Å²) in [5, 5.41) is 0. The van der Waals surface area contributed by atoms with Crippen LogP contribution >= 0.6 is 0 Å². The van der Waals surface area contributed by atoms with Crippen LogP contribution in [0.3, 0.4) is 0 Å². The molecule has 0 unspecified atom stereocenters. The number of aromatic nitrogens is 2. The summed E-state index contributed by atoms with van der Waals surface area (Å²) < 4.78 is 11.6. The van der Waals surface area contributed by atoms with Gasteiger partial charge in [-0.3, -0.25) is 9.88 Å². The second-order valence-electron chi connectivity index (χ2n) is 6.79. The zero-order valence-corrected chi connectivity index (χ0v) is 13.2. The van der Waals surface area contributed by atoms with Crippen LogP contribution in [0.1, 0.15) is 12.8 Å². The lowest BCUT2D eigenvalue weighted by Crippen LogP contribution is -2.61. The van der Waals surface area contributed by atoms with Crippen molar-refractivity contribution < 1.29 is 13.9 Å². The molecule has 124 valence electrons. The second kappa shape index (κ2) is 5.04. The van der Waals surface area contributed by atoms with Gasteiger partial charge in [-0.25, -0.2) is 14.7 Å². The first-order valence-corrected chi connectivity index (χ1v) is 8.34. The van der Waals surface area contributed by atoms with Crippen molar-refractivity contribution in [3.8, 4) is 11.6 Å². The number of nitrogens with zero attached hydrogens (tertiary/aromatic N) is 4. The molecule has 1 atom stereocenters. The summed E-state index contributed by atoms with van der Waals surface area (Å²) in [4.78, 5) is 24.9. The molecule has 1 amide bonds. The van der Waals surface area contributed by atoms with Gasteiger partial charge in [0.1, 0.15) is 11.3 Å². The number of fused-ring (bicyclic) bond motifs is 2. The van der Waals surface area contributed by atoms with Crippen LogP contribution in [0.2, 0.25) is 0 Å². The molecule has 4 aliphatic rings. The summed E-state index contributed by atoms with van der Waals surface area (Å²) in [5.41, 5.74) is 0.250. The monoisotopic (exact) mass is 326 g/mol. The third kappa shape index (κ3) is 2.04. The van der Waals surface area contributed by atoms with E-state index in [9.17, 15) is 4.79 Å². The third-order valence-corrected chi connectivity index (χ3v) is 5.40. The van der Waals surface area contributed by atoms with Gasteiger partial charge < -0.3 is 9.15 Å². The van der Waals surface area contributed by atoms with E-state index in [4.69, 9.17) is 9.15 Å². The highest BCUT2D eigenvalue weighted by Gasteiger charge is 2.56. The lowest BCUT2D eigenvalue weighted by molar-refractivity contribution is -0.0881. The van der Waals surface area contributed by atoms with Gasteiger partial charge in [0, 0.05) is 18.7 Å². The summed E-state index contributed by atoms with van der Waals surface area (Å²) in [6.07, 6.45) is 5.11. The predicted octanol–water partition coefficient (Wildman–Crippen LogP) is 2.16. The number of oxazole rings is 1. The minimum Gasteiger partial charge on any atom is -0.439 e. The van der Waals surface area contributed by atoms with Crippen LogP contribution < -0.4 is 4.90 Å². The molecule has 6 rings (SSSR count). The number of anilines is 1. The molecule has 4 aliphatic heterocycles. The number of hydrogen-bond acceptors (Lipinski definition) is 6. The molecular formula is C17H18N4O3. The van der Waals surface area contributed by atoms with Gasteiger partial charge in [0.2, 0.25) is 11.8 Å². The first-order valence-electron chi connectivity index (χ1n) is 8.34. The molecule has 24 heavy (non-hydrogen) atoms. The summed E-state index contributed by atoms with van der Waals surface area (Å²) in [7, 11) is 0. The molecule has 0 N–H and O–H groups in total. The molecule has 0 radical (unpaired) electrons. The fourth-order valence-corrected chi connectivity index (χ4v) is 4.18. The minimum absolute atomic E-state index is 0.340. The Bertz CT molecular complexity index is 769. The zero-order chi connectivity index (χ0) is 16.1. The Morgan fingerprint density at radius 1 is 1.17 bits per heavy atom. The molecule has 2 aromatic rings. The van der Waals surface area contributed by atoms with Crippen molar-refractivity contribution in [3.05, 3.63) is 30.6 Å². The van der Waals surface area contributed by atoms with Crippen LogP contribution in [-0.4, -0.2) is 52.7 Å². The lowest BCUT2D eigenvalue weighted by Gasteiger charge is -2.49. The smallest absolute Gasteiger partial charge is 0.417 e. The molecule has 7 nitrogen and oxygen atoms in total. The van der Waals surface area contributed by atoms with Crippen molar-refractivity contribution in [1.82, 2.24) is 14.9 Å². The quantitative estimate of drug-likeness (QED) is 0.842. The van der Waals surface area contributed by atoms with Crippen LogP contribution in [0.4, 0.5) is 10.7 Å². The van der Waals surface area contributed by atoms with Crippen molar-refractivity contribution in [1.29, 1.82) is 0 Å². The summed E-state index contributed by atoms with van der Waals surface area (Å²) in [6.45, 7) is 3.57. The summed E-state index contributed by atoms with van der Waals surface area (Å²) in [5.74, 6) is 1.27. The van der Waals surface area contributed by atoms with Crippen molar-refractivity contribution in [3.63, 3.8) is 0 Å². The molecule has 0 aliphatic carbocycles. The minimum atomic E-state index is -0.397. The van der Waals surface area contributed by atoms with E-state index in [1.54, 1.807) is 17.3 Å². The first-order chi connectivity index (χ1) is 11.7. The summed E-state index contributed by atoms with van der Waals surface area (Å²) in [6, 6.07) is 5.54. The average molecular weight is 326 g/mol. The van der Waals surface area contributed by atoms with Gasteiger partial charge in [-0.1, -0.05) is 6.07 Å². The van der Waals surface area contributed by atoms with Gasteiger partial charge in [0.25, 0.3) is 0 Å². The molecule has 2 aromatic heterocycles. The average Bonchev–Trinajstić information content (AvgIpc) is 3.22. The maximum atomic E-state index is 12.5. The van der Waals surface area contributed by atoms with Gasteiger partial charge in [0.05, 0.1) is 12.7 Å². The van der Waals surface area contributed by atoms with E-state index in [1.807, 2.05) is 18.2 Å². The Morgan fingerprint density at radius 3 is 2.75 bits per heavy atom. The first kappa shape index (κ1) is 14.0. The maximum Gasteiger partial charge on any atom is 0.417 e. The van der Waals surface area contributed by atoms with Crippen molar-refractivity contribution in [2.24, 2.45) is 5.92 Å². The highest BCUT2D eigenvalue weighted by atomic mass is 16.6. The molecule has 6 heterocycles. The fraction of sp³-hybridized carbons (Fsp3) is 0.471. The molecule has 4 saturated heterocycles. The largest absolute Gasteiger partial charge is 0.439 e. The molecule has 2 bridgehead atoms. The number of pyridine rings is 1. The van der Waals surface area contributed by atoms with Crippen molar-refractivity contribution in [2.45, 2.75) is 18.4 Å². The Hall–Kier alpha value is -2.41. The van der Waals surface area contributed by atoms with Crippen molar-refractivity contribution >= 4 is 12.0 Å². The van der Waals surface area contributed by atoms with Crippen LogP contribution in [0.5, 0.6) is 0 Å². The van der Waals surface area contributed by atoms with Gasteiger partial charge in [-0.2, -0.15) is 0 Å². The molecule has 7 heteroatoms. The van der Waals surface area contributed by atoms with E-state index in [-0.39, 0.29) is 6.09 Å². The molecule has 1 spiro atoms. The number of ether oxygens (including phenoxy) is 1. The summed E-state index contributed by atoms with van der Waals surface area (Å²) >= 11 is 0. The van der Waals surface area contributed by atoms with Gasteiger partial charge >= 0.3 is 6.09 Å². The van der Waals surface area contributed by atoms with E-state index in [0.29, 0.717) is 29.9 Å². The number of amides is 1. The van der Waals surface area contributed by atoms with Crippen molar-refractivity contribution in [2.75, 3.05) is 31.1 Å². The third-order valence-electron chi connectivity index (χ3n) is 5.40. The van der Waals surface area contributed by atoms with E-state index >= 15 is 0 Å². The highest BCUT2D eigenvalue weighted by Crippen LogP contribution is 2.43. The Morgan fingerprint density at radius 2 is 2.04 bits per heavy atom. The maximum absolute atomic E-state index is 12.5. The van der Waals surface area contributed by atoms with Crippen LogP contribution in [0.15, 0.2) is 35.0 Å². The number of carbonyl (C=O) groups excluding carboxylic acids is 1. The second-order valence-corrected chi connectivity index (χ2v) is 6.79. The van der Waals surface area contributed by atoms with E-state index in [0.717, 1.165) is 32.5 Å². The van der Waals surface area contributed by atoms with E-state index in [2.05, 4.69) is 14.9 Å². The van der Waals surface area contributed by atoms with Gasteiger partial charge in [-0.15, -0.1) is 0 Å². The number of piperidine rings is 3. The van der Waals surface area contributed by atoms with Gasteiger partial charge in [0.15, 0.2) is 0 Å². The molecule has 0 saturated carbocycles. The Labute approximate surface area is 139 Å². The molecule has 4 fully saturated rings. The van der Waals surface area contributed by atoms with Crippen LogP contribution in [-0.2, 0) is 4.74 Å². The SMILES string of the molecule is O=C1O[C@]2(CN3CCC2CC3)CN1c1cnc(-c2ccccn2)o1. The highest BCUT2D eigenvalue weighted by molar-refractivity contribution is 5.88. The Balaban J connectivity index is 1.42. The van der Waals surface area contributed by atoms with E-state index < -0.39 is 5.60 Å². The number of rotatable bonds is 2. The molecule has 0 aromatic carbocycles. The standard InChI is InChI=1S/C17H18N4O3/c22-16-21(11-17(24-16)10-20-7-4-12(17)5-8-20)14-9-19-15(23-14)13-3-1-2-6-18-13/h1-3,6,9,12H,4-5,7-8,10-11H2/t17-/m1/s1. The Kier molecular flexibility index (Phi) is 2.94.